The fourth-order valence-corrected chi connectivity index (χ4v) is 1.25. The minimum absolute atomic E-state index is 0.0424. The molecule has 0 amide bonds. The molecule has 0 saturated heterocycles. The van der Waals surface area contributed by atoms with Gasteiger partial charge in [0.2, 0.25) is 0 Å². The van der Waals surface area contributed by atoms with Crippen LogP contribution in [0.25, 0.3) is 0 Å². The average molecular weight is 199 g/mol. The third-order valence-electron chi connectivity index (χ3n) is 2.00. The molecule has 0 spiro atoms. The Hall–Kier alpha value is -1.85. The summed E-state index contributed by atoms with van der Waals surface area (Å²) in [5.74, 6) is -0.855. The van der Waals surface area contributed by atoms with E-state index in [2.05, 4.69) is 0 Å². The zero-order valence-electron chi connectivity index (χ0n) is 7.58. The molecule has 0 fully saturated rings. The van der Waals surface area contributed by atoms with Crippen molar-refractivity contribution in [2.45, 2.75) is 13.3 Å². The fourth-order valence-electron chi connectivity index (χ4n) is 1.25. The quantitative estimate of drug-likeness (QED) is 0.428. The van der Waals surface area contributed by atoms with Gasteiger partial charge in [0.25, 0.3) is 5.69 Å². The Bertz CT molecular complexity index is 393. The summed E-state index contributed by atoms with van der Waals surface area (Å²) in [6, 6.07) is 0.796. The largest absolute Gasteiger partial charge is 0.397 e. The van der Waals surface area contributed by atoms with E-state index in [0.29, 0.717) is 6.42 Å². The average Bonchev–Trinajstić information content (AvgIpc) is 2.13. The number of halogens is 1. The monoisotopic (exact) mass is 199 g/mol. The molecule has 0 aromatic heterocycles. The first kappa shape index (κ1) is 10.2. The van der Waals surface area contributed by atoms with Crippen molar-refractivity contribution in [3.05, 3.63) is 27.6 Å². The second-order valence-corrected chi connectivity index (χ2v) is 2.79. The lowest BCUT2D eigenvalue weighted by molar-refractivity contribution is -0.385. The number of nitrogens with zero attached hydrogens (tertiary/aromatic N) is 1. The first-order valence-corrected chi connectivity index (χ1v) is 3.99. The van der Waals surface area contributed by atoms with Crippen molar-refractivity contribution >= 4 is 17.1 Å². The van der Waals surface area contributed by atoms with Gasteiger partial charge in [-0.05, 0) is 6.42 Å². The Morgan fingerprint density at radius 3 is 2.50 bits per heavy atom. The van der Waals surface area contributed by atoms with Crippen molar-refractivity contribution in [3.63, 3.8) is 0 Å². The third-order valence-corrected chi connectivity index (χ3v) is 2.00. The highest BCUT2D eigenvalue weighted by atomic mass is 19.1. The van der Waals surface area contributed by atoms with Gasteiger partial charge in [0.15, 0.2) is 5.82 Å². The van der Waals surface area contributed by atoms with Gasteiger partial charge in [-0.3, -0.25) is 10.1 Å². The molecule has 1 rings (SSSR count). The van der Waals surface area contributed by atoms with E-state index in [-0.39, 0.29) is 22.6 Å². The standard InChI is InChI=1S/C8H10FN3O2/c1-2-4-6(12(13)14)3-5(9)8(11)7(4)10/h3H,2,10-11H2,1H3. The summed E-state index contributed by atoms with van der Waals surface area (Å²) < 4.78 is 13.0. The second-order valence-electron chi connectivity index (χ2n) is 2.79. The van der Waals surface area contributed by atoms with Crippen LogP contribution in [0.4, 0.5) is 21.5 Å². The highest BCUT2D eigenvalue weighted by Gasteiger charge is 2.20. The molecule has 1 aromatic rings. The molecule has 14 heavy (non-hydrogen) atoms. The van der Waals surface area contributed by atoms with Crippen LogP contribution in [-0.2, 0) is 6.42 Å². The number of nitrogens with two attached hydrogens (primary N) is 2. The van der Waals surface area contributed by atoms with Gasteiger partial charge < -0.3 is 11.5 Å². The maximum Gasteiger partial charge on any atom is 0.277 e. The van der Waals surface area contributed by atoms with Crippen LogP contribution in [0, 0.1) is 15.9 Å². The summed E-state index contributed by atoms with van der Waals surface area (Å²) in [7, 11) is 0. The van der Waals surface area contributed by atoms with Gasteiger partial charge in [-0.2, -0.15) is 0 Å². The van der Waals surface area contributed by atoms with Gasteiger partial charge in [-0.15, -0.1) is 0 Å². The molecule has 0 atom stereocenters. The van der Waals surface area contributed by atoms with Gasteiger partial charge in [0.05, 0.1) is 27.9 Å². The molecule has 0 heterocycles. The van der Waals surface area contributed by atoms with Gasteiger partial charge >= 0.3 is 0 Å². The first-order chi connectivity index (χ1) is 6.49. The van der Waals surface area contributed by atoms with E-state index in [0.717, 1.165) is 6.07 Å². The predicted molar refractivity (Wildman–Crippen MR) is 51.3 cm³/mol. The fraction of sp³-hybridized carbons (Fsp3) is 0.250. The van der Waals surface area contributed by atoms with Crippen LogP contribution in [0.1, 0.15) is 12.5 Å². The zero-order chi connectivity index (χ0) is 10.9. The summed E-state index contributed by atoms with van der Waals surface area (Å²) in [4.78, 5) is 9.87. The highest BCUT2D eigenvalue weighted by molar-refractivity contribution is 5.73. The molecule has 4 N–H and O–H groups in total. The maximum atomic E-state index is 13.0. The molecule has 76 valence electrons. The number of hydrogen-bond acceptors (Lipinski definition) is 4. The van der Waals surface area contributed by atoms with Crippen LogP contribution in [-0.4, -0.2) is 4.92 Å². The Morgan fingerprint density at radius 1 is 1.50 bits per heavy atom. The molecular weight excluding hydrogens is 189 g/mol. The van der Waals surface area contributed by atoms with E-state index in [1.807, 2.05) is 0 Å². The lowest BCUT2D eigenvalue weighted by Gasteiger charge is -2.07. The van der Waals surface area contributed by atoms with E-state index in [1.165, 1.54) is 0 Å². The highest BCUT2D eigenvalue weighted by Crippen LogP contribution is 2.32. The van der Waals surface area contributed by atoms with Crippen molar-refractivity contribution in [1.29, 1.82) is 0 Å². The number of anilines is 2. The Morgan fingerprint density at radius 2 is 2.07 bits per heavy atom. The van der Waals surface area contributed by atoms with Gasteiger partial charge in [0, 0.05) is 0 Å². The molecule has 1 aromatic carbocycles. The Kier molecular flexibility index (Phi) is 2.55. The normalized spacial score (nSPS) is 10.1. The lowest BCUT2D eigenvalue weighted by Crippen LogP contribution is -2.05. The lowest BCUT2D eigenvalue weighted by atomic mass is 10.1. The van der Waals surface area contributed by atoms with Crippen LogP contribution in [0.15, 0.2) is 6.07 Å². The molecule has 0 aliphatic heterocycles. The summed E-state index contributed by atoms with van der Waals surface area (Å²) in [6.45, 7) is 1.69. The molecule has 5 nitrogen and oxygen atoms in total. The van der Waals surface area contributed by atoms with Gasteiger partial charge in [-0.25, -0.2) is 4.39 Å². The smallest absolute Gasteiger partial charge is 0.277 e. The minimum atomic E-state index is -0.855. The second kappa shape index (κ2) is 3.49. The summed E-state index contributed by atoms with van der Waals surface area (Å²) in [5, 5.41) is 10.5. The maximum absolute atomic E-state index is 13.0. The molecule has 0 aliphatic rings. The summed E-state index contributed by atoms with van der Waals surface area (Å²) in [5.41, 5.74) is 10.4. The van der Waals surface area contributed by atoms with Crippen molar-refractivity contribution < 1.29 is 9.31 Å². The molecule has 0 aliphatic carbocycles. The van der Waals surface area contributed by atoms with E-state index in [4.69, 9.17) is 11.5 Å². The van der Waals surface area contributed by atoms with E-state index >= 15 is 0 Å². The Balaban J connectivity index is 3.51. The van der Waals surface area contributed by atoms with Crippen LogP contribution in [0.2, 0.25) is 0 Å². The first-order valence-electron chi connectivity index (χ1n) is 3.99. The van der Waals surface area contributed by atoms with E-state index < -0.39 is 10.7 Å². The van der Waals surface area contributed by atoms with Gasteiger partial charge in [0.1, 0.15) is 0 Å². The van der Waals surface area contributed by atoms with E-state index in [9.17, 15) is 14.5 Å². The molecular formula is C8H10FN3O2. The SMILES string of the molecule is CCc1c([N+](=O)[O-])cc(F)c(N)c1N. The molecule has 6 heteroatoms. The number of rotatable bonds is 2. The predicted octanol–water partition coefficient (Wildman–Crippen LogP) is 1.46. The van der Waals surface area contributed by atoms with Crippen molar-refractivity contribution in [3.8, 4) is 0 Å². The topological polar surface area (TPSA) is 95.2 Å². The van der Waals surface area contributed by atoms with Crippen LogP contribution < -0.4 is 11.5 Å². The van der Waals surface area contributed by atoms with Crippen molar-refractivity contribution in [1.82, 2.24) is 0 Å². The minimum Gasteiger partial charge on any atom is -0.397 e. The molecule has 0 saturated carbocycles. The van der Waals surface area contributed by atoms with Crippen LogP contribution in [0.5, 0.6) is 0 Å². The van der Waals surface area contributed by atoms with Gasteiger partial charge in [-0.1, -0.05) is 6.92 Å². The van der Waals surface area contributed by atoms with Crippen LogP contribution in [0.3, 0.4) is 0 Å². The number of nitrogen functional groups attached to an aromatic ring is 2. The van der Waals surface area contributed by atoms with E-state index in [1.54, 1.807) is 6.92 Å². The third kappa shape index (κ3) is 1.46. The van der Waals surface area contributed by atoms with Crippen molar-refractivity contribution in [2.24, 2.45) is 0 Å². The molecule has 0 bridgehead atoms. The molecule has 0 radical (unpaired) electrons. The summed E-state index contributed by atoms with van der Waals surface area (Å²) >= 11 is 0. The number of hydrogen-bond donors (Lipinski definition) is 2. The molecule has 0 unspecified atom stereocenters. The van der Waals surface area contributed by atoms with Crippen molar-refractivity contribution in [2.75, 3.05) is 11.5 Å². The number of benzene rings is 1. The Labute approximate surface area is 79.7 Å². The van der Waals surface area contributed by atoms with Crippen LogP contribution >= 0.6 is 0 Å². The number of nitro benzene ring substituents is 1. The zero-order valence-corrected chi connectivity index (χ0v) is 7.58. The summed E-state index contributed by atoms with van der Waals surface area (Å²) in [6.07, 6.45) is 0.340. The number of nitro groups is 1.